The van der Waals surface area contributed by atoms with Gasteiger partial charge in [-0.1, -0.05) is 13.0 Å². The van der Waals surface area contributed by atoms with Crippen molar-refractivity contribution in [2.75, 3.05) is 11.9 Å². The molecule has 1 atom stereocenters. The third kappa shape index (κ3) is 3.91. The van der Waals surface area contributed by atoms with Crippen LogP contribution in [0.5, 0.6) is 5.88 Å². The van der Waals surface area contributed by atoms with Crippen molar-refractivity contribution in [1.82, 2.24) is 15.0 Å². The van der Waals surface area contributed by atoms with E-state index in [1.54, 1.807) is 18.5 Å². The van der Waals surface area contributed by atoms with Gasteiger partial charge in [-0.05, 0) is 25.5 Å². The van der Waals surface area contributed by atoms with Gasteiger partial charge < -0.3 is 10.1 Å². The average Bonchev–Trinajstić information content (AvgIpc) is 2.46. The van der Waals surface area contributed by atoms with E-state index >= 15 is 0 Å². The Morgan fingerprint density at radius 1 is 1.21 bits per heavy atom. The molecule has 0 bridgehead atoms. The van der Waals surface area contributed by atoms with Crippen molar-refractivity contribution in [2.24, 2.45) is 0 Å². The summed E-state index contributed by atoms with van der Waals surface area (Å²) in [6.45, 7) is 4.74. The third-order valence-corrected chi connectivity index (χ3v) is 2.56. The fourth-order valence-corrected chi connectivity index (χ4v) is 1.60. The van der Waals surface area contributed by atoms with Crippen molar-refractivity contribution in [1.29, 1.82) is 0 Å². The van der Waals surface area contributed by atoms with E-state index in [4.69, 9.17) is 4.74 Å². The summed E-state index contributed by atoms with van der Waals surface area (Å²) in [7, 11) is 0. The number of rotatable bonds is 6. The van der Waals surface area contributed by atoms with Gasteiger partial charge in [-0.15, -0.1) is 0 Å². The van der Waals surface area contributed by atoms with Crippen LogP contribution in [0.1, 0.15) is 32.0 Å². The predicted molar refractivity (Wildman–Crippen MR) is 74.1 cm³/mol. The average molecular weight is 258 g/mol. The lowest BCUT2D eigenvalue weighted by atomic mass is 10.2. The number of hydrogen-bond acceptors (Lipinski definition) is 5. The zero-order valence-corrected chi connectivity index (χ0v) is 11.2. The second-order valence-corrected chi connectivity index (χ2v) is 4.19. The molecule has 5 nitrogen and oxygen atoms in total. The highest BCUT2D eigenvalue weighted by atomic mass is 16.5. The van der Waals surface area contributed by atoms with E-state index in [-0.39, 0.29) is 6.04 Å². The molecule has 0 aliphatic carbocycles. The molecule has 0 aromatic carbocycles. The molecule has 2 aromatic heterocycles. The first kappa shape index (κ1) is 13.3. The molecule has 2 aromatic rings. The van der Waals surface area contributed by atoms with E-state index in [9.17, 15) is 0 Å². The molecule has 0 radical (unpaired) electrons. The van der Waals surface area contributed by atoms with Crippen molar-refractivity contribution >= 4 is 5.95 Å². The molecule has 100 valence electrons. The Morgan fingerprint density at radius 2 is 2.11 bits per heavy atom. The molecule has 5 heteroatoms. The minimum absolute atomic E-state index is 0.0441. The second kappa shape index (κ2) is 6.68. The summed E-state index contributed by atoms with van der Waals surface area (Å²) >= 11 is 0. The van der Waals surface area contributed by atoms with E-state index in [0.717, 1.165) is 12.1 Å². The Bertz CT molecular complexity index is 504. The molecule has 0 fully saturated rings. The van der Waals surface area contributed by atoms with Gasteiger partial charge in [-0.25, -0.2) is 4.98 Å². The van der Waals surface area contributed by atoms with Crippen LogP contribution in [0.15, 0.2) is 36.7 Å². The minimum Gasteiger partial charge on any atom is -0.478 e. The SMILES string of the molecule is CCCOc1ccnc(NC(C)c2ccccn2)n1. The molecule has 0 amide bonds. The highest BCUT2D eigenvalue weighted by Crippen LogP contribution is 2.15. The van der Waals surface area contributed by atoms with Crippen molar-refractivity contribution in [2.45, 2.75) is 26.3 Å². The standard InChI is InChI=1S/C14H18N4O/c1-3-10-19-13-7-9-16-14(18-13)17-11(2)12-6-4-5-8-15-12/h4-9,11H,3,10H2,1-2H3,(H,16,17,18). The van der Waals surface area contributed by atoms with Gasteiger partial charge in [0, 0.05) is 18.5 Å². The molecular formula is C14H18N4O. The van der Waals surface area contributed by atoms with E-state index in [1.807, 2.05) is 25.1 Å². The van der Waals surface area contributed by atoms with Gasteiger partial charge in [0.25, 0.3) is 0 Å². The lowest BCUT2D eigenvalue weighted by molar-refractivity contribution is 0.305. The van der Waals surface area contributed by atoms with Gasteiger partial charge in [-0.2, -0.15) is 4.98 Å². The number of anilines is 1. The second-order valence-electron chi connectivity index (χ2n) is 4.19. The van der Waals surface area contributed by atoms with Crippen LogP contribution in [0, 0.1) is 0 Å². The van der Waals surface area contributed by atoms with Gasteiger partial charge in [0.2, 0.25) is 11.8 Å². The number of aromatic nitrogens is 3. The van der Waals surface area contributed by atoms with Crippen molar-refractivity contribution < 1.29 is 4.74 Å². The smallest absolute Gasteiger partial charge is 0.226 e. The number of hydrogen-bond donors (Lipinski definition) is 1. The summed E-state index contributed by atoms with van der Waals surface area (Å²) < 4.78 is 5.48. The highest BCUT2D eigenvalue weighted by molar-refractivity contribution is 5.30. The van der Waals surface area contributed by atoms with Gasteiger partial charge >= 0.3 is 0 Å². The first-order valence-electron chi connectivity index (χ1n) is 6.43. The maximum atomic E-state index is 5.48. The Labute approximate surface area is 113 Å². The molecule has 2 heterocycles. The summed E-state index contributed by atoms with van der Waals surface area (Å²) in [5.74, 6) is 1.14. The van der Waals surface area contributed by atoms with Crippen LogP contribution in [-0.4, -0.2) is 21.6 Å². The van der Waals surface area contributed by atoms with E-state index in [0.29, 0.717) is 18.4 Å². The highest BCUT2D eigenvalue weighted by Gasteiger charge is 2.08. The van der Waals surface area contributed by atoms with Gasteiger partial charge in [-0.3, -0.25) is 4.98 Å². The number of nitrogens with one attached hydrogen (secondary N) is 1. The molecule has 19 heavy (non-hydrogen) atoms. The molecule has 0 aliphatic rings. The Balaban J connectivity index is 2.02. The predicted octanol–water partition coefficient (Wildman–Crippen LogP) is 2.83. The molecule has 0 saturated carbocycles. The van der Waals surface area contributed by atoms with Crippen LogP contribution in [0.2, 0.25) is 0 Å². The lowest BCUT2D eigenvalue weighted by Gasteiger charge is -2.13. The molecular weight excluding hydrogens is 240 g/mol. The zero-order chi connectivity index (χ0) is 13.5. The van der Waals surface area contributed by atoms with Crippen LogP contribution in [-0.2, 0) is 0 Å². The number of ether oxygens (including phenoxy) is 1. The molecule has 0 aliphatic heterocycles. The van der Waals surface area contributed by atoms with Crippen molar-refractivity contribution in [3.63, 3.8) is 0 Å². The van der Waals surface area contributed by atoms with E-state index in [1.165, 1.54) is 0 Å². The molecule has 2 rings (SSSR count). The molecule has 0 spiro atoms. The van der Waals surface area contributed by atoms with Gasteiger partial charge in [0.05, 0.1) is 18.3 Å². The fourth-order valence-electron chi connectivity index (χ4n) is 1.60. The number of nitrogens with zero attached hydrogens (tertiary/aromatic N) is 3. The van der Waals surface area contributed by atoms with Crippen molar-refractivity contribution in [3.8, 4) is 5.88 Å². The molecule has 0 saturated heterocycles. The van der Waals surface area contributed by atoms with Crippen LogP contribution < -0.4 is 10.1 Å². The summed E-state index contributed by atoms with van der Waals surface area (Å²) in [4.78, 5) is 12.8. The Hall–Kier alpha value is -2.17. The topological polar surface area (TPSA) is 59.9 Å². The maximum Gasteiger partial charge on any atom is 0.226 e. The normalized spacial score (nSPS) is 11.9. The van der Waals surface area contributed by atoms with Crippen LogP contribution in [0.25, 0.3) is 0 Å². The maximum absolute atomic E-state index is 5.48. The summed E-state index contributed by atoms with van der Waals surface area (Å²) in [5.41, 5.74) is 0.950. The largest absolute Gasteiger partial charge is 0.478 e. The zero-order valence-electron chi connectivity index (χ0n) is 11.2. The summed E-state index contributed by atoms with van der Waals surface area (Å²) in [5, 5.41) is 3.21. The van der Waals surface area contributed by atoms with Gasteiger partial charge in [0.1, 0.15) is 0 Å². The summed E-state index contributed by atoms with van der Waals surface area (Å²) in [6, 6.07) is 7.62. The Morgan fingerprint density at radius 3 is 2.84 bits per heavy atom. The van der Waals surface area contributed by atoms with E-state index in [2.05, 4.69) is 27.2 Å². The van der Waals surface area contributed by atoms with E-state index < -0.39 is 0 Å². The quantitative estimate of drug-likeness (QED) is 0.863. The third-order valence-electron chi connectivity index (χ3n) is 2.56. The lowest BCUT2D eigenvalue weighted by Crippen LogP contribution is -2.11. The summed E-state index contributed by atoms with van der Waals surface area (Å²) in [6.07, 6.45) is 4.41. The molecule has 1 unspecified atom stereocenters. The van der Waals surface area contributed by atoms with Crippen molar-refractivity contribution in [3.05, 3.63) is 42.4 Å². The first-order valence-corrected chi connectivity index (χ1v) is 6.43. The Kier molecular flexibility index (Phi) is 4.66. The van der Waals surface area contributed by atoms with Gasteiger partial charge in [0.15, 0.2) is 0 Å². The molecule has 1 N–H and O–H groups in total. The first-order chi connectivity index (χ1) is 9.29. The number of pyridine rings is 1. The minimum atomic E-state index is 0.0441. The van der Waals surface area contributed by atoms with Crippen LogP contribution in [0.3, 0.4) is 0 Å². The van der Waals surface area contributed by atoms with Crippen LogP contribution in [0.4, 0.5) is 5.95 Å². The fraction of sp³-hybridized carbons (Fsp3) is 0.357. The van der Waals surface area contributed by atoms with Crippen LogP contribution >= 0.6 is 0 Å². The monoisotopic (exact) mass is 258 g/mol.